The van der Waals surface area contributed by atoms with E-state index < -0.39 is 28.3 Å². The first-order chi connectivity index (χ1) is 14.8. The Labute approximate surface area is 181 Å². The van der Waals surface area contributed by atoms with Crippen LogP contribution in [0.2, 0.25) is 0 Å². The first-order valence-electron chi connectivity index (χ1n) is 9.58. The molecule has 0 aliphatic rings. The number of methoxy groups -OCH3 is 1. The van der Waals surface area contributed by atoms with E-state index in [2.05, 4.69) is 5.32 Å². The second-order valence-corrected chi connectivity index (χ2v) is 8.73. The third kappa shape index (κ3) is 5.40. The SMILES string of the molecule is COc1ccc(S(=O)(=O)N(CC(=O)N[C@H](C)c2ccccc2)c2ccc(F)cc2)cc1. The maximum atomic E-state index is 13.4. The van der Waals surface area contributed by atoms with Gasteiger partial charge in [-0.25, -0.2) is 12.8 Å². The molecule has 0 unspecified atom stereocenters. The predicted octanol–water partition coefficient (Wildman–Crippen LogP) is 3.91. The molecule has 3 rings (SSSR count). The lowest BCUT2D eigenvalue weighted by Crippen LogP contribution is -2.41. The van der Waals surface area contributed by atoms with Crippen molar-refractivity contribution in [3.8, 4) is 5.75 Å². The van der Waals surface area contributed by atoms with Crippen LogP contribution in [0.4, 0.5) is 10.1 Å². The highest BCUT2D eigenvalue weighted by Gasteiger charge is 2.28. The van der Waals surface area contributed by atoms with Crippen LogP contribution in [0.25, 0.3) is 0 Å². The highest BCUT2D eigenvalue weighted by atomic mass is 32.2. The van der Waals surface area contributed by atoms with Gasteiger partial charge in [-0.15, -0.1) is 0 Å². The van der Waals surface area contributed by atoms with Gasteiger partial charge >= 0.3 is 0 Å². The standard InChI is InChI=1S/C23H23FN2O4S/c1-17(18-6-4-3-5-7-18)25-23(27)16-26(20-10-8-19(24)9-11-20)31(28,29)22-14-12-21(30-2)13-15-22/h3-15,17H,16H2,1-2H3,(H,25,27)/t17-/m1/s1. The number of rotatable bonds is 8. The molecule has 31 heavy (non-hydrogen) atoms. The first-order valence-corrected chi connectivity index (χ1v) is 11.0. The Bertz CT molecular complexity index is 1120. The van der Waals surface area contributed by atoms with Gasteiger partial charge in [0.15, 0.2) is 0 Å². The number of amides is 1. The Morgan fingerprint density at radius 3 is 2.19 bits per heavy atom. The van der Waals surface area contributed by atoms with E-state index in [9.17, 15) is 17.6 Å². The molecule has 0 bridgehead atoms. The van der Waals surface area contributed by atoms with Crippen molar-refractivity contribution in [1.29, 1.82) is 0 Å². The lowest BCUT2D eigenvalue weighted by molar-refractivity contribution is -0.120. The zero-order valence-electron chi connectivity index (χ0n) is 17.2. The molecule has 0 heterocycles. The molecule has 0 saturated carbocycles. The second-order valence-electron chi connectivity index (χ2n) is 6.86. The summed E-state index contributed by atoms with van der Waals surface area (Å²) in [5.41, 5.74) is 1.07. The molecular formula is C23H23FN2O4S. The second kappa shape index (κ2) is 9.61. The van der Waals surface area contributed by atoms with Crippen LogP contribution < -0.4 is 14.4 Å². The fraction of sp³-hybridized carbons (Fsp3) is 0.174. The van der Waals surface area contributed by atoms with Gasteiger partial charge in [0.2, 0.25) is 5.91 Å². The number of benzene rings is 3. The van der Waals surface area contributed by atoms with Crippen molar-refractivity contribution >= 4 is 21.6 Å². The van der Waals surface area contributed by atoms with Crippen LogP contribution in [0.5, 0.6) is 5.75 Å². The summed E-state index contributed by atoms with van der Waals surface area (Å²) in [5, 5.41) is 2.81. The van der Waals surface area contributed by atoms with E-state index in [-0.39, 0.29) is 16.6 Å². The molecule has 0 fully saturated rings. The number of halogens is 1. The molecule has 0 radical (unpaired) electrons. The lowest BCUT2D eigenvalue weighted by Gasteiger charge is -2.25. The molecule has 8 heteroatoms. The highest BCUT2D eigenvalue weighted by Crippen LogP contribution is 2.25. The maximum Gasteiger partial charge on any atom is 0.264 e. The van der Waals surface area contributed by atoms with Crippen LogP contribution in [-0.4, -0.2) is 28.0 Å². The van der Waals surface area contributed by atoms with Crippen molar-refractivity contribution in [2.24, 2.45) is 0 Å². The third-order valence-corrected chi connectivity index (χ3v) is 6.51. The van der Waals surface area contributed by atoms with E-state index in [1.165, 1.54) is 43.5 Å². The van der Waals surface area contributed by atoms with Crippen molar-refractivity contribution in [3.05, 3.63) is 90.2 Å². The molecule has 6 nitrogen and oxygen atoms in total. The van der Waals surface area contributed by atoms with Crippen molar-refractivity contribution in [3.63, 3.8) is 0 Å². The summed E-state index contributed by atoms with van der Waals surface area (Å²) in [7, 11) is -2.61. The van der Waals surface area contributed by atoms with Crippen LogP contribution in [0.15, 0.2) is 83.8 Å². The quantitative estimate of drug-likeness (QED) is 0.574. The highest BCUT2D eigenvalue weighted by molar-refractivity contribution is 7.92. The molecule has 0 aliphatic heterocycles. The van der Waals surface area contributed by atoms with Crippen LogP contribution in [0.1, 0.15) is 18.5 Å². The fourth-order valence-electron chi connectivity index (χ4n) is 3.04. The third-order valence-electron chi connectivity index (χ3n) is 4.73. The number of carbonyl (C=O) groups is 1. The number of sulfonamides is 1. The minimum atomic E-state index is -4.09. The van der Waals surface area contributed by atoms with Gasteiger partial charge in [0, 0.05) is 0 Å². The summed E-state index contributed by atoms with van der Waals surface area (Å²) in [5.74, 6) is -0.493. The summed E-state index contributed by atoms with van der Waals surface area (Å²) < 4.78 is 46.1. The van der Waals surface area contributed by atoms with E-state index in [0.717, 1.165) is 22.0 Å². The van der Waals surface area contributed by atoms with Crippen molar-refractivity contribution < 1.29 is 22.3 Å². The molecule has 0 aliphatic carbocycles. The monoisotopic (exact) mass is 442 g/mol. The molecular weight excluding hydrogens is 419 g/mol. The fourth-order valence-corrected chi connectivity index (χ4v) is 4.46. The van der Waals surface area contributed by atoms with Crippen LogP contribution >= 0.6 is 0 Å². The largest absolute Gasteiger partial charge is 0.497 e. The summed E-state index contributed by atoms with van der Waals surface area (Å²) in [6.45, 7) is 1.35. The summed E-state index contributed by atoms with van der Waals surface area (Å²) in [6, 6.07) is 19.8. The molecule has 1 N–H and O–H groups in total. The topological polar surface area (TPSA) is 75.7 Å². The Morgan fingerprint density at radius 1 is 1.00 bits per heavy atom. The predicted molar refractivity (Wildman–Crippen MR) is 117 cm³/mol. The van der Waals surface area contributed by atoms with E-state index in [1.54, 1.807) is 0 Å². The Kier molecular flexibility index (Phi) is 6.91. The van der Waals surface area contributed by atoms with Crippen molar-refractivity contribution in [1.82, 2.24) is 5.32 Å². The van der Waals surface area contributed by atoms with Gasteiger partial charge in [0.25, 0.3) is 10.0 Å². The van der Waals surface area contributed by atoms with Crippen molar-refractivity contribution in [2.45, 2.75) is 17.9 Å². The minimum Gasteiger partial charge on any atom is -0.497 e. The van der Waals surface area contributed by atoms with Gasteiger partial charge < -0.3 is 10.1 Å². The number of hydrogen-bond donors (Lipinski definition) is 1. The van der Waals surface area contributed by atoms with E-state index in [4.69, 9.17) is 4.74 Å². The van der Waals surface area contributed by atoms with E-state index >= 15 is 0 Å². The van der Waals surface area contributed by atoms with Gasteiger partial charge in [-0.1, -0.05) is 30.3 Å². The van der Waals surface area contributed by atoms with Crippen LogP contribution in [0, 0.1) is 5.82 Å². The Balaban J connectivity index is 1.89. The van der Waals surface area contributed by atoms with E-state index in [1.807, 2.05) is 37.3 Å². The molecule has 162 valence electrons. The number of hydrogen-bond acceptors (Lipinski definition) is 4. The summed E-state index contributed by atoms with van der Waals surface area (Å²) >= 11 is 0. The van der Waals surface area contributed by atoms with Crippen molar-refractivity contribution in [2.75, 3.05) is 18.0 Å². The molecule has 0 aromatic heterocycles. The Morgan fingerprint density at radius 2 is 1.61 bits per heavy atom. The lowest BCUT2D eigenvalue weighted by atomic mass is 10.1. The average Bonchev–Trinajstić information content (AvgIpc) is 2.78. The molecule has 3 aromatic carbocycles. The smallest absolute Gasteiger partial charge is 0.264 e. The van der Waals surface area contributed by atoms with Crippen LogP contribution in [-0.2, 0) is 14.8 Å². The van der Waals surface area contributed by atoms with E-state index in [0.29, 0.717) is 5.75 Å². The Hall–Kier alpha value is -3.39. The molecule has 1 atom stereocenters. The average molecular weight is 443 g/mol. The number of nitrogens with one attached hydrogen (secondary N) is 1. The number of anilines is 1. The first kappa shape index (κ1) is 22.3. The molecule has 0 saturated heterocycles. The maximum absolute atomic E-state index is 13.4. The zero-order chi connectivity index (χ0) is 22.4. The number of nitrogens with zero attached hydrogens (tertiary/aromatic N) is 1. The van der Waals surface area contributed by atoms with Gasteiger partial charge in [0.05, 0.1) is 23.7 Å². The normalized spacial score (nSPS) is 12.1. The van der Waals surface area contributed by atoms with Gasteiger partial charge in [-0.05, 0) is 61.0 Å². The molecule has 1 amide bonds. The minimum absolute atomic E-state index is 0.0125. The van der Waals surface area contributed by atoms with Gasteiger partial charge in [-0.3, -0.25) is 9.10 Å². The zero-order valence-corrected chi connectivity index (χ0v) is 18.0. The van der Waals surface area contributed by atoms with Crippen LogP contribution in [0.3, 0.4) is 0 Å². The van der Waals surface area contributed by atoms with Gasteiger partial charge in [0.1, 0.15) is 18.1 Å². The number of carbonyl (C=O) groups excluding carboxylic acids is 1. The molecule has 3 aromatic rings. The molecule has 0 spiro atoms. The summed E-state index contributed by atoms with van der Waals surface area (Å²) in [6.07, 6.45) is 0. The van der Waals surface area contributed by atoms with Gasteiger partial charge in [-0.2, -0.15) is 0 Å². The number of ether oxygens (including phenoxy) is 1. The summed E-state index contributed by atoms with van der Waals surface area (Å²) in [4.78, 5) is 12.7.